The average molecular weight is 285 g/mol. The first-order valence-electron chi connectivity index (χ1n) is 6.26. The maximum absolute atomic E-state index is 11.9. The molecule has 0 radical (unpaired) electrons. The van der Waals surface area contributed by atoms with Crippen molar-refractivity contribution in [1.29, 1.82) is 0 Å². The molecule has 1 aliphatic heterocycles. The zero-order valence-corrected chi connectivity index (χ0v) is 11.5. The number of benzene rings is 1. The van der Waals surface area contributed by atoms with Crippen LogP contribution in [0.25, 0.3) is 0 Å². The third-order valence-corrected chi connectivity index (χ3v) is 3.01. The second-order valence-corrected chi connectivity index (χ2v) is 4.54. The molecule has 104 valence electrons. The third-order valence-electron chi connectivity index (χ3n) is 2.72. The molecular weight excluding hydrogens is 268 g/mol. The van der Waals surface area contributed by atoms with Crippen molar-refractivity contribution in [3.8, 4) is 5.75 Å². The normalized spacial score (nSPS) is 18.9. The quantitative estimate of drug-likeness (QED) is 0.883. The van der Waals surface area contributed by atoms with Crippen LogP contribution >= 0.6 is 11.6 Å². The highest BCUT2D eigenvalue weighted by Crippen LogP contribution is 2.27. The minimum Gasteiger partial charge on any atom is -0.492 e. The van der Waals surface area contributed by atoms with Crippen molar-refractivity contribution in [3.05, 3.63) is 23.2 Å². The monoisotopic (exact) mass is 284 g/mol. The van der Waals surface area contributed by atoms with Gasteiger partial charge in [0.25, 0.3) is 5.91 Å². The molecular formula is C13H17ClN2O3. The Morgan fingerprint density at radius 3 is 3.11 bits per heavy atom. The van der Waals surface area contributed by atoms with Gasteiger partial charge in [0.15, 0.2) is 0 Å². The fourth-order valence-electron chi connectivity index (χ4n) is 1.81. The zero-order valence-electron chi connectivity index (χ0n) is 10.7. The summed E-state index contributed by atoms with van der Waals surface area (Å²) in [7, 11) is 0. The van der Waals surface area contributed by atoms with Crippen LogP contribution in [-0.2, 0) is 9.53 Å². The summed E-state index contributed by atoms with van der Waals surface area (Å²) in [5.74, 6) is 0.435. The number of nitrogens with one attached hydrogen (secondary N) is 2. The molecule has 1 fully saturated rings. The van der Waals surface area contributed by atoms with E-state index in [0.717, 1.165) is 6.54 Å². The van der Waals surface area contributed by atoms with Gasteiger partial charge < -0.3 is 20.1 Å². The van der Waals surface area contributed by atoms with Gasteiger partial charge in [-0.1, -0.05) is 11.6 Å². The molecule has 1 aromatic carbocycles. The van der Waals surface area contributed by atoms with Crippen molar-refractivity contribution < 1.29 is 14.3 Å². The lowest BCUT2D eigenvalue weighted by Crippen LogP contribution is -2.45. The molecule has 0 spiro atoms. The van der Waals surface area contributed by atoms with Crippen LogP contribution < -0.4 is 15.4 Å². The number of amides is 1. The summed E-state index contributed by atoms with van der Waals surface area (Å²) in [6.07, 6.45) is -0.459. The SMILES string of the molecule is CCOc1ccc(NC(=O)C2CNCCO2)cc1Cl. The Hall–Kier alpha value is -1.30. The number of hydrogen-bond acceptors (Lipinski definition) is 4. The van der Waals surface area contributed by atoms with Gasteiger partial charge in [-0.15, -0.1) is 0 Å². The van der Waals surface area contributed by atoms with E-state index >= 15 is 0 Å². The van der Waals surface area contributed by atoms with Crippen LogP contribution in [0.5, 0.6) is 5.75 Å². The predicted molar refractivity (Wildman–Crippen MR) is 73.9 cm³/mol. The standard InChI is InChI=1S/C13H17ClN2O3/c1-2-18-11-4-3-9(7-10(11)14)16-13(17)12-8-15-5-6-19-12/h3-4,7,12,15H,2,5-6,8H2,1H3,(H,16,17). The zero-order chi connectivity index (χ0) is 13.7. The van der Waals surface area contributed by atoms with Crippen LogP contribution in [0, 0.1) is 0 Å². The highest BCUT2D eigenvalue weighted by atomic mass is 35.5. The second kappa shape index (κ2) is 6.75. The molecule has 19 heavy (non-hydrogen) atoms. The molecule has 1 aliphatic rings. The fourth-order valence-corrected chi connectivity index (χ4v) is 2.04. The van der Waals surface area contributed by atoms with Crippen molar-refractivity contribution in [2.75, 3.05) is 31.6 Å². The van der Waals surface area contributed by atoms with E-state index in [1.165, 1.54) is 0 Å². The Balaban J connectivity index is 1.98. The van der Waals surface area contributed by atoms with Crippen LogP contribution in [0.1, 0.15) is 6.92 Å². The highest BCUT2D eigenvalue weighted by molar-refractivity contribution is 6.32. The van der Waals surface area contributed by atoms with Gasteiger partial charge in [0.05, 0.1) is 18.2 Å². The lowest BCUT2D eigenvalue weighted by atomic mass is 10.2. The third kappa shape index (κ3) is 3.83. The first-order valence-corrected chi connectivity index (χ1v) is 6.64. The van der Waals surface area contributed by atoms with Crippen molar-refractivity contribution in [2.24, 2.45) is 0 Å². The molecule has 1 saturated heterocycles. The van der Waals surface area contributed by atoms with Crippen LogP contribution in [0.15, 0.2) is 18.2 Å². The fraction of sp³-hybridized carbons (Fsp3) is 0.462. The topological polar surface area (TPSA) is 59.6 Å². The van der Waals surface area contributed by atoms with Crippen LogP contribution in [0.2, 0.25) is 5.02 Å². The Labute approximate surface area is 117 Å². The predicted octanol–water partition coefficient (Wildman–Crippen LogP) is 1.67. The summed E-state index contributed by atoms with van der Waals surface area (Å²) in [5.41, 5.74) is 0.632. The van der Waals surface area contributed by atoms with E-state index in [2.05, 4.69) is 10.6 Å². The van der Waals surface area contributed by atoms with Crippen LogP contribution in [-0.4, -0.2) is 38.3 Å². The van der Waals surface area contributed by atoms with Gasteiger partial charge in [-0.2, -0.15) is 0 Å². The number of halogens is 1. The van der Waals surface area contributed by atoms with Gasteiger partial charge >= 0.3 is 0 Å². The summed E-state index contributed by atoms with van der Waals surface area (Å²) in [4.78, 5) is 11.9. The average Bonchev–Trinajstić information content (AvgIpc) is 2.43. The molecule has 2 rings (SSSR count). The molecule has 1 atom stereocenters. The van der Waals surface area contributed by atoms with E-state index < -0.39 is 6.10 Å². The number of morpholine rings is 1. The van der Waals surface area contributed by atoms with E-state index in [9.17, 15) is 4.79 Å². The molecule has 0 aliphatic carbocycles. The summed E-state index contributed by atoms with van der Waals surface area (Å²) < 4.78 is 10.7. The van der Waals surface area contributed by atoms with Gasteiger partial charge in [0.1, 0.15) is 11.9 Å². The van der Waals surface area contributed by atoms with Gasteiger partial charge in [-0.25, -0.2) is 0 Å². The minimum absolute atomic E-state index is 0.174. The number of ether oxygens (including phenoxy) is 2. The molecule has 6 heteroatoms. The van der Waals surface area contributed by atoms with E-state index in [1.807, 2.05) is 6.92 Å². The van der Waals surface area contributed by atoms with E-state index in [1.54, 1.807) is 18.2 Å². The molecule has 1 unspecified atom stereocenters. The summed E-state index contributed by atoms with van der Waals surface area (Å²) in [6, 6.07) is 5.16. The van der Waals surface area contributed by atoms with Gasteiger partial charge in [0.2, 0.25) is 0 Å². The number of carbonyl (C=O) groups excluding carboxylic acids is 1. The largest absolute Gasteiger partial charge is 0.492 e. The Morgan fingerprint density at radius 1 is 1.63 bits per heavy atom. The summed E-state index contributed by atoms with van der Waals surface area (Å²) >= 11 is 6.06. The summed E-state index contributed by atoms with van der Waals surface area (Å²) in [5, 5.41) is 6.36. The molecule has 5 nitrogen and oxygen atoms in total. The highest BCUT2D eigenvalue weighted by Gasteiger charge is 2.21. The lowest BCUT2D eigenvalue weighted by molar-refractivity contribution is -0.128. The Bertz CT molecular complexity index is 448. The van der Waals surface area contributed by atoms with E-state index in [0.29, 0.717) is 36.2 Å². The van der Waals surface area contributed by atoms with Crippen molar-refractivity contribution in [1.82, 2.24) is 5.32 Å². The molecule has 1 heterocycles. The molecule has 1 aromatic rings. The van der Waals surface area contributed by atoms with E-state index in [4.69, 9.17) is 21.1 Å². The first kappa shape index (κ1) is 14.1. The lowest BCUT2D eigenvalue weighted by Gasteiger charge is -2.22. The number of anilines is 1. The Kier molecular flexibility index (Phi) is 5.01. The van der Waals surface area contributed by atoms with Gasteiger partial charge in [-0.3, -0.25) is 4.79 Å². The van der Waals surface area contributed by atoms with Crippen molar-refractivity contribution >= 4 is 23.2 Å². The minimum atomic E-state index is -0.459. The molecule has 1 amide bonds. The molecule has 2 N–H and O–H groups in total. The Morgan fingerprint density at radius 2 is 2.47 bits per heavy atom. The first-order chi connectivity index (χ1) is 9.20. The smallest absolute Gasteiger partial charge is 0.254 e. The maximum Gasteiger partial charge on any atom is 0.254 e. The molecule has 0 aromatic heterocycles. The van der Waals surface area contributed by atoms with Gasteiger partial charge in [-0.05, 0) is 25.1 Å². The van der Waals surface area contributed by atoms with E-state index in [-0.39, 0.29) is 5.91 Å². The maximum atomic E-state index is 11.9. The molecule has 0 saturated carbocycles. The summed E-state index contributed by atoms with van der Waals surface area (Å²) in [6.45, 7) is 4.28. The number of hydrogen-bond donors (Lipinski definition) is 2. The van der Waals surface area contributed by atoms with Crippen molar-refractivity contribution in [2.45, 2.75) is 13.0 Å². The van der Waals surface area contributed by atoms with Crippen molar-refractivity contribution in [3.63, 3.8) is 0 Å². The second-order valence-electron chi connectivity index (χ2n) is 4.13. The number of rotatable bonds is 4. The van der Waals surface area contributed by atoms with Gasteiger partial charge in [0, 0.05) is 18.8 Å². The molecule has 0 bridgehead atoms. The van der Waals surface area contributed by atoms with Crippen LogP contribution in [0.3, 0.4) is 0 Å². The number of carbonyl (C=O) groups is 1. The van der Waals surface area contributed by atoms with Crippen LogP contribution in [0.4, 0.5) is 5.69 Å².